The zero-order valence-electron chi connectivity index (χ0n) is 12.4. The molecule has 0 saturated heterocycles. The molecule has 0 heterocycles. The summed E-state index contributed by atoms with van der Waals surface area (Å²) in [5.74, 6) is 0.403. The Hall–Kier alpha value is -2.73. The molecule has 1 amide bonds. The Labute approximate surface area is 138 Å². The summed E-state index contributed by atoms with van der Waals surface area (Å²) < 4.78 is 10.3. The summed E-state index contributed by atoms with van der Waals surface area (Å²) >= 11 is 5.75. The molecule has 2 aromatic carbocycles. The Morgan fingerprint density at radius 3 is 2.09 bits per heavy atom. The van der Waals surface area contributed by atoms with Gasteiger partial charge in [-0.05, 0) is 42.0 Å². The summed E-state index contributed by atoms with van der Waals surface area (Å²) in [5, 5.41) is 7.78. The van der Waals surface area contributed by atoms with Crippen LogP contribution in [0.15, 0.2) is 48.5 Å². The molecule has 0 aliphatic rings. The van der Waals surface area contributed by atoms with Crippen LogP contribution in [0.3, 0.4) is 0 Å². The molecule has 0 saturated carbocycles. The first-order valence-corrected chi connectivity index (χ1v) is 6.84. The van der Waals surface area contributed by atoms with Crippen LogP contribution in [-0.4, -0.2) is 24.3 Å². The van der Waals surface area contributed by atoms with Crippen molar-refractivity contribution >= 4 is 23.7 Å². The summed E-state index contributed by atoms with van der Waals surface area (Å²) in [4.78, 5) is 20.5. The van der Waals surface area contributed by atoms with Crippen molar-refractivity contribution in [2.24, 2.45) is 5.73 Å². The molecule has 7 heteroatoms. The predicted molar refractivity (Wildman–Crippen MR) is 85.8 cm³/mol. The number of carbonyl (C=O) groups excluding carboxylic acids is 1. The molecule has 0 aromatic heterocycles. The minimum absolute atomic E-state index is 0.228. The third-order valence-electron chi connectivity index (χ3n) is 2.61. The second-order valence-corrected chi connectivity index (χ2v) is 4.71. The van der Waals surface area contributed by atoms with Gasteiger partial charge in [0.25, 0.3) is 0 Å². The van der Waals surface area contributed by atoms with E-state index in [0.717, 1.165) is 11.3 Å². The van der Waals surface area contributed by atoms with Crippen LogP contribution in [0.5, 0.6) is 5.75 Å². The lowest BCUT2D eigenvalue weighted by Gasteiger charge is -2.06. The minimum Gasteiger partial charge on any atom is -0.497 e. The number of carboxylic acid groups (broad SMARTS) is 1. The molecule has 0 bridgehead atoms. The van der Waals surface area contributed by atoms with E-state index in [-0.39, 0.29) is 12.6 Å². The van der Waals surface area contributed by atoms with Gasteiger partial charge in [-0.25, -0.2) is 9.59 Å². The molecule has 0 fully saturated rings. The normalized spacial score (nSPS) is 9.30. The van der Waals surface area contributed by atoms with Gasteiger partial charge in [0.2, 0.25) is 0 Å². The van der Waals surface area contributed by atoms with E-state index in [4.69, 9.17) is 31.0 Å². The van der Waals surface area contributed by atoms with Crippen molar-refractivity contribution in [3.05, 3.63) is 64.7 Å². The number of rotatable bonds is 4. The van der Waals surface area contributed by atoms with E-state index in [9.17, 15) is 4.79 Å². The highest BCUT2D eigenvalue weighted by Crippen LogP contribution is 2.14. The number of amides is 1. The van der Waals surface area contributed by atoms with E-state index in [1.807, 2.05) is 24.3 Å². The highest BCUT2D eigenvalue weighted by atomic mass is 35.5. The van der Waals surface area contributed by atoms with Gasteiger partial charge in [-0.3, -0.25) is 0 Å². The van der Waals surface area contributed by atoms with Crippen LogP contribution < -0.4 is 10.5 Å². The summed E-state index contributed by atoms with van der Waals surface area (Å²) in [6.45, 7) is 0.228. The van der Waals surface area contributed by atoms with Gasteiger partial charge in [0.1, 0.15) is 12.4 Å². The number of benzene rings is 2. The first kappa shape index (κ1) is 18.3. The average molecular weight is 338 g/mol. The van der Waals surface area contributed by atoms with Crippen molar-refractivity contribution < 1.29 is 24.2 Å². The van der Waals surface area contributed by atoms with Crippen molar-refractivity contribution in [2.75, 3.05) is 7.11 Å². The van der Waals surface area contributed by atoms with Crippen molar-refractivity contribution in [2.45, 2.75) is 6.61 Å². The number of carbonyl (C=O) groups is 2. The number of halogens is 1. The molecular weight excluding hydrogens is 322 g/mol. The molecule has 0 spiro atoms. The topological polar surface area (TPSA) is 98.9 Å². The molecular formula is C16H16ClNO5. The number of esters is 1. The fourth-order valence-corrected chi connectivity index (χ4v) is 1.67. The van der Waals surface area contributed by atoms with Gasteiger partial charge in [-0.15, -0.1) is 0 Å². The second kappa shape index (κ2) is 9.32. The lowest BCUT2D eigenvalue weighted by atomic mass is 10.2. The minimum atomic E-state index is -1.33. The van der Waals surface area contributed by atoms with E-state index < -0.39 is 6.09 Å². The first-order valence-electron chi connectivity index (χ1n) is 6.46. The fraction of sp³-hybridized carbons (Fsp3) is 0.125. The largest absolute Gasteiger partial charge is 0.497 e. The van der Waals surface area contributed by atoms with Crippen molar-refractivity contribution in [1.29, 1.82) is 0 Å². The molecule has 122 valence electrons. The van der Waals surface area contributed by atoms with E-state index in [1.165, 1.54) is 0 Å². The van der Waals surface area contributed by atoms with Gasteiger partial charge in [-0.2, -0.15) is 0 Å². The van der Waals surface area contributed by atoms with Crippen LogP contribution in [-0.2, 0) is 11.3 Å². The monoisotopic (exact) mass is 337 g/mol. The summed E-state index contributed by atoms with van der Waals surface area (Å²) in [6.07, 6.45) is -1.33. The number of nitrogens with two attached hydrogens (primary N) is 1. The number of hydrogen-bond acceptors (Lipinski definition) is 4. The molecule has 2 rings (SSSR count). The quantitative estimate of drug-likeness (QED) is 0.834. The average Bonchev–Trinajstić information content (AvgIpc) is 2.53. The SMILES string of the molecule is COc1ccc(COC(=O)c2ccc(Cl)cc2)cc1.NC(=O)O. The number of primary amides is 1. The fourth-order valence-electron chi connectivity index (χ4n) is 1.54. The maximum absolute atomic E-state index is 11.8. The van der Waals surface area contributed by atoms with Gasteiger partial charge >= 0.3 is 12.1 Å². The van der Waals surface area contributed by atoms with Crippen molar-refractivity contribution in [3.63, 3.8) is 0 Å². The lowest BCUT2D eigenvalue weighted by Crippen LogP contribution is -2.04. The van der Waals surface area contributed by atoms with E-state index in [1.54, 1.807) is 31.4 Å². The molecule has 6 nitrogen and oxygen atoms in total. The third-order valence-corrected chi connectivity index (χ3v) is 2.86. The number of ether oxygens (including phenoxy) is 2. The zero-order valence-corrected chi connectivity index (χ0v) is 13.1. The van der Waals surface area contributed by atoms with Crippen LogP contribution >= 0.6 is 11.6 Å². The first-order chi connectivity index (χ1) is 10.9. The van der Waals surface area contributed by atoms with Crippen LogP contribution in [0.4, 0.5) is 4.79 Å². The number of methoxy groups -OCH3 is 1. The Bertz CT molecular complexity index is 637. The summed E-state index contributed by atoms with van der Waals surface area (Å²) in [6, 6.07) is 14.0. The highest BCUT2D eigenvalue weighted by molar-refractivity contribution is 6.30. The Kier molecular flexibility index (Phi) is 7.42. The van der Waals surface area contributed by atoms with Crippen LogP contribution in [0.25, 0.3) is 0 Å². The van der Waals surface area contributed by atoms with E-state index in [2.05, 4.69) is 5.73 Å². The molecule has 23 heavy (non-hydrogen) atoms. The lowest BCUT2D eigenvalue weighted by molar-refractivity contribution is 0.0472. The summed E-state index contributed by atoms with van der Waals surface area (Å²) in [5.41, 5.74) is 5.42. The molecule has 0 radical (unpaired) electrons. The third kappa shape index (κ3) is 7.19. The van der Waals surface area contributed by atoms with Gasteiger partial charge in [-0.1, -0.05) is 23.7 Å². The molecule has 0 aliphatic heterocycles. The predicted octanol–water partition coefficient (Wildman–Crippen LogP) is 3.33. The Morgan fingerprint density at radius 2 is 1.61 bits per heavy atom. The molecule has 0 atom stereocenters. The maximum Gasteiger partial charge on any atom is 0.402 e. The molecule has 2 aromatic rings. The second-order valence-electron chi connectivity index (χ2n) is 4.27. The van der Waals surface area contributed by atoms with Crippen molar-refractivity contribution in [3.8, 4) is 5.75 Å². The Morgan fingerprint density at radius 1 is 1.09 bits per heavy atom. The van der Waals surface area contributed by atoms with Gasteiger partial charge in [0.15, 0.2) is 0 Å². The smallest absolute Gasteiger partial charge is 0.402 e. The van der Waals surface area contributed by atoms with Crippen molar-refractivity contribution in [1.82, 2.24) is 0 Å². The molecule has 0 unspecified atom stereocenters. The number of hydrogen-bond donors (Lipinski definition) is 2. The highest BCUT2D eigenvalue weighted by Gasteiger charge is 2.07. The van der Waals surface area contributed by atoms with Gasteiger partial charge in [0, 0.05) is 5.02 Å². The van der Waals surface area contributed by atoms with Gasteiger partial charge in [0.05, 0.1) is 12.7 Å². The Balaban J connectivity index is 0.000000593. The summed E-state index contributed by atoms with van der Waals surface area (Å²) in [7, 11) is 1.61. The van der Waals surface area contributed by atoms with E-state index >= 15 is 0 Å². The maximum atomic E-state index is 11.8. The molecule has 0 aliphatic carbocycles. The van der Waals surface area contributed by atoms with Gasteiger partial charge < -0.3 is 20.3 Å². The standard InChI is InChI=1S/C15H13ClO3.CH3NO2/c1-18-14-8-2-11(3-9-14)10-19-15(17)12-4-6-13(16)7-5-12;2-1(3)4/h2-9H,10H2,1H3;2H2,(H,3,4). The zero-order chi connectivity index (χ0) is 17.2. The molecule has 3 N–H and O–H groups in total. The van der Waals surface area contributed by atoms with Crippen LogP contribution in [0, 0.1) is 0 Å². The van der Waals surface area contributed by atoms with Crippen LogP contribution in [0.1, 0.15) is 15.9 Å². The van der Waals surface area contributed by atoms with E-state index in [0.29, 0.717) is 10.6 Å². The van der Waals surface area contributed by atoms with Crippen LogP contribution in [0.2, 0.25) is 5.02 Å².